The Balaban J connectivity index is 1.82. The molecule has 0 aliphatic carbocycles. The number of rotatable bonds is 3. The van der Waals surface area contributed by atoms with Crippen molar-refractivity contribution >= 4 is 32.5 Å². The lowest BCUT2D eigenvalue weighted by molar-refractivity contribution is 0.476. The fraction of sp³-hybridized carbons (Fsp3) is 0.300. The van der Waals surface area contributed by atoms with Crippen LogP contribution in [0.4, 0.5) is 5.82 Å². The highest BCUT2D eigenvalue weighted by Crippen LogP contribution is 2.36. The van der Waals surface area contributed by atoms with Crippen LogP contribution < -0.4 is 10.6 Å². The molecule has 2 heterocycles. The summed E-state index contributed by atoms with van der Waals surface area (Å²) in [5.41, 5.74) is 2.54. The third kappa shape index (κ3) is 3.39. The predicted octanol–water partition coefficient (Wildman–Crippen LogP) is 4.24. The van der Waals surface area contributed by atoms with Crippen LogP contribution in [0.1, 0.15) is 18.4 Å². The minimum Gasteiger partial charge on any atom is -0.507 e. The number of aromatic nitrogens is 2. The van der Waals surface area contributed by atoms with E-state index in [-0.39, 0.29) is 5.75 Å². The van der Waals surface area contributed by atoms with Crippen molar-refractivity contribution in [2.75, 3.05) is 18.4 Å². The molecular formula is C20H21BrN4O. The van der Waals surface area contributed by atoms with Gasteiger partial charge in [0.1, 0.15) is 11.4 Å². The van der Waals surface area contributed by atoms with Crippen LogP contribution in [0.5, 0.6) is 5.75 Å². The number of phenols is 1. The number of phenolic OH excluding ortho intramolecular Hbond substituents is 1. The van der Waals surface area contributed by atoms with Crippen LogP contribution in [-0.4, -0.2) is 34.4 Å². The number of benzene rings is 2. The summed E-state index contributed by atoms with van der Waals surface area (Å²) in [5, 5.41) is 28.3. The van der Waals surface area contributed by atoms with E-state index in [2.05, 4.69) is 61.9 Å². The van der Waals surface area contributed by atoms with Crippen molar-refractivity contribution < 1.29 is 5.11 Å². The van der Waals surface area contributed by atoms with Gasteiger partial charge < -0.3 is 15.7 Å². The molecule has 1 aromatic heterocycles. The Kier molecular flexibility index (Phi) is 4.78. The molecule has 0 amide bonds. The first kappa shape index (κ1) is 17.2. The molecule has 0 saturated carbocycles. The number of nitrogens with zero attached hydrogens (tertiary/aromatic N) is 2. The van der Waals surface area contributed by atoms with Crippen LogP contribution in [0.3, 0.4) is 0 Å². The van der Waals surface area contributed by atoms with Crippen molar-refractivity contribution in [3.63, 3.8) is 0 Å². The molecule has 1 saturated heterocycles. The number of hydrogen-bond acceptors (Lipinski definition) is 5. The molecule has 134 valence electrons. The highest BCUT2D eigenvalue weighted by atomic mass is 79.9. The quantitative estimate of drug-likeness (QED) is 0.600. The van der Waals surface area contributed by atoms with Crippen LogP contribution in [0, 0.1) is 6.92 Å². The molecular weight excluding hydrogens is 392 g/mol. The van der Waals surface area contributed by atoms with E-state index >= 15 is 0 Å². The van der Waals surface area contributed by atoms with Gasteiger partial charge in [0.05, 0.1) is 0 Å². The second kappa shape index (κ2) is 7.21. The molecule has 0 spiro atoms. The molecule has 6 heteroatoms. The summed E-state index contributed by atoms with van der Waals surface area (Å²) in [6.45, 7) is 4.08. The standard InChI is InChI=1S/C20H21BrN4O/c1-12-4-6-15-17(9-12)20(23-14-3-2-8-22-11-14)25-24-19(15)16-7-5-13(21)10-18(16)26/h4-7,9-10,14,22,26H,2-3,8,11H2,1H3,(H,23,25). The highest BCUT2D eigenvalue weighted by Gasteiger charge is 2.18. The second-order valence-corrected chi connectivity index (χ2v) is 7.71. The van der Waals surface area contributed by atoms with Gasteiger partial charge in [-0.25, -0.2) is 0 Å². The SMILES string of the molecule is Cc1ccc2c(-c3ccc(Br)cc3O)nnc(NC3CCCNC3)c2c1. The zero-order chi connectivity index (χ0) is 18.1. The van der Waals surface area contributed by atoms with Crippen molar-refractivity contribution in [3.8, 4) is 17.0 Å². The molecule has 0 bridgehead atoms. The van der Waals surface area contributed by atoms with Crippen molar-refractivity contribution in [3.05, 3.63) is 46.4 Å². The van der Waals surface area contributed by atoms with Gasteiger partial charge in [0.15, 0.2) is 5.82 Å². The maximum atomic E-state index is 10.4. The molecule has 26 heavy (non-hydrogen) atoms. The Hall–Kier alpha value is -2.18. The largest absolute Gasteiger partial charge is 0.507 e. The second-order valence-electron chi connectivity index (χ2n) is 6.80. The summed E-state index contributed by atoms with van der Waals surface area (Å²) in [6.07, 6.45) is 2.28. The molecule has 2 aromatic carbocycles. The van der Waals surface area contributed by atoms with Gasteiger partial charge >= 0.3 is 0 Å². The maximum absolute atomic E-state index is 10.4. The first-order valence-electron chi connectivity index (χ1n) is 8.85. The normalized spacial score (nSPS) is 17.4. The number of nitrogens with one attached hydrogen (secondary N) is 2. The Morgan fingerprint density at radius 2 is 2.04 bits per heavy atom. The molecule has 3 N–H and O–H groups in total. The van der Waals surface area contributed by atoms with Crippen LogP contribution in [0.25, 0.3) is 22.0 Å². The van der Waals surface area contributed by atoms with Crippen LogP contribution in [0.15, 0.2) is 40.9 Å². The van der Waals surface area contributed by atoms with Gasteiger partial charge in [-0.15, -0.1) is 10.2 Å². The summed E-state index contributed by atoms with van der Waals surface area (Å²) in [4.78, 5) is 0. The molecule has 1 atom stereocenters. The summed E-state index contributed by atoms with van der Waals surface area (Å²) < 4.78 is 0.829. The van der Waals surface area contributed by atoms with E-state index in [1.54, 1.807) is 6.07 Å². The van der Waals surface area contributed by atoms with E-state index < -0.39 is 0 Å². The number of anilines is 1. The summed E-state index contributed by atoms with van der Waals surface area (Å²) >= 11 is 3.38. The van der Waals surface area contributed by atoms with Crippen molar-refractivity contribution in [2.24, 2.45) is 0 Å². The topological polar surface area (TPSA) is 70.1 Å². The Bertz CT molecular complexity index is 954. The molecule has 1 aliphatic heterocycles. The van der Waals surface area contributed by atoms with E-state index in [1.807, 2.05) is 12.1 Å². The lowest BCUT2D eigenvalue weighted by Crippen LogP contribution is -2.38. The van der Waals surface area contributed by atoms with Gasteiger partial charge in [-0.3, -0.25) is 0 Å². The zero-order valence-electron chi connectivity index (χ0n) is 14.6. The average molecular weight is 413 g/mol. The Morgan fingerprint density at radius 3 is 2.81 bits per heavy atom. The van der Waals surface area contributed by atoms with E-state index in [4.69, 9.17) is 0 Å². The minimum atomic E-state index is 0.188. The highest BCUT2D eigenvalue weighted by molar-refractivity contribution is 9.10. The number of halogens is 1. The van der Waals surface area contributed by atoms with Gasteiger partial charge in [-0.2, -0.15) is 0 Å². The van der Waals surface area contributed by atoms with Crippen molar-refractivity contribution in [2.45, 2.75) is 25.8 Å². The molecule has 0 radical (unpaired) electrons. The average Bonchev–Trinajstić information content (AvgIpc) is 2.63. The fourth-order valence-corrected chi connectivity index (χ4v) is 3.80. The zero-order valence-corrected chi connectivity index (χ0v) is 16.2. The predicted molar refractivity (Wildman–Crippen MR) is 109 cm³/mol. The lowest BCUT2D eigenvalue weighted by Gasteiger charge is -2.25. The third-order valence-electron chi connectivity index (χ3n) is 4.79. The first-order valence-corrected chi connectivity index (χ1v) is 9.64. The number of piperidine rings is 1. The number of aryl methyl sites for hydroxylation is 1. The van der Waals surface area contributed by atoms with Gasteiger partial charge in [0.25, 0.3) is 0 Å². The van der Waals surface area contributed by atoms with Gasteiger partial charge in [0, 0.05) is 33.4 Å². The number of hydrogen-bond donors (Lipinski definition) is 3. The van der Waals surface area contributed by atoms with E-state index in [9.17, 15) is 5.11 Å². The summed E-state index contributed by atoms with van der Waals surface area (Å²) in [6, 6.07) is 12.0. The molecule has 1 unspecified atom stereocenters. The summed E-state index contributed by atoms with van der Waals surface area (Å²) in [5.74, 6) is 0.991. The fourth-order valence-electron chi connectivity index (χ4n) is 3.45. The Morgan fingerprint density at radius 1 is 1.15 bits per heavy atom. The maximum Gasteiger partial charge on any atom is 0.156 e. The van der Waals surface area contributed by atoms with E-state index in [1.165, 1.54) is 5.56 Å². The van der Waals surface area contributed by atoms with Gasteiger partial charge in [-0.05, 0) is 50.6 Å². The molecule has 1 fully saturated rings. The molecule has 3 aromatic rings. The van der Waals surface area contributed by atoms with Gasteiger partial charge in [0.2, 0.25) is 0 Å². The number of fused-ring (bicyclic) bond motifs is 1. The molecule has 5 nitrogen and oxygen atoms in total. The van der Waals surface area contributed by atoms with Crippen molar-refractivity contribution in [1.29, 1.82) is 0 Å². The molecule has 4 rings (SSSR count). The number of aromatic hydroxyl groups is 1. The van der Waals surface area contributed by atoms with Crippen molar-refractivity contribution in [1.82, 2.24) is 15.5 Å². The van der Waals surface area contributed by atoms with Crippen LogP contribution in [0.2, 0.25) is 0 Å². The van der Waals surface area contributed by atoms with Crippen LogP contribution in [-0.2, 0) is 0 Å². The summed E-state index contributed by atoms with van der Waals surface area (Å²) in [7, 11) is 0. The Labute approximate surface area is 161 Å². The van der Waals surface area contributed by atoms with Crippen LogP contribution >= 0.6 is 15.9 Å². The minimum absolute atomic E-state index is 0.188. The van der Waals surface area contributed by atoms with Gasteiger partial charge in [-0.1, -0.05) is 33.6 Å². The van der Waals surface area contributed by atoms with E-state index in [0.717, 1.165) is 47.0 Å². The van der Waals surface area contributed by atoms with E-state index in [0.29, 0.717) is 17.3 Å². The smallest absolute Gasteiger partial charge is 0.156 e. The first-order chi connectivity index (χ1) is 12.6. The molecule has 1 aliphatic rings. The lowest BCUT2D eigenvalue weighted by atomic mass is 10.0. The monoisotopic (exact) mass is 412 g/mol. The third-order valence-corrected chi connectivity index (χ3v) is 5.28.